The van der Waals surface area contributed by atoms with Crippen molar-refractivity contribution in [2.75, 3.05) is 18.6 Å². The molecule has 0 saturated heterocycles. The van der Waals surface area contributed by atoms with Crippen LogP contribution in [0.5, 0.6) is 0 Å². The van der Waals surface area contributed by atoms with Gasteiger partial charge in [0.15, 0.2) is 8.68 Å². The average Bonchev–Trinajstić information content (AvgIpc) is 2.63. The van der Waals surface area contributed by atoms with Crippen LogP contribution in [0.15, 0.2) is 10.4 Å². The summed E-state index contributed by atoms with van der Waals surface area (Å²) in [6.07, 6.45) is 3.27. The first-order valence-electron chi connectivity index (χ1n) is 4.55. The zero-order valence-electron chi connectivity index (χ0n) is 8.94. The van der Waals surface area contributed by atoms with Gasteiger partial charge in [0.05, 0.1) is 6.20 Å². The van der Waals surface area contributed by atoms with Gasteiger partial charge < -0.3 is 0 Å². The maximum absolute atomic E-state index is 11.7. The molecule has 1 unspecified atom stereocenters. The fraction of sp³-hybridized carbons (Fsp3) is 0.625. The van der Waals surface area contributed by atoms with Crippen molar-refractivity contribution in [3.8, 4) is 0 Å². The minimum atomic E-state index is -3.44. The average molecular weight is 301 g/mol. The minimum Gasteiger partial charge on any atom is -0.232 e. The Morgan fingerprint density at radius 2 is 2.38 bits per heavy atom. The predicted octanol–water partition coefficient (Wildman–Crippen LogP) is 2.07. The molecule has 0 saturated carbocycles. The molecule has 0 aliphatic rings. The van der Waals surface area contributed by atoms with E-state index in [1.807, 2.05) is 13.2 Å². The quantitative estimate of drug-likeness (QED) is 0.874. The lowest BCUT2D eigenvalue weighted by Gasteiger charge is -2.10. The number of hydrogen-bond acceptors (Lipinski definition) is 5. The van der Waals surface area contributed by atoms with E-state index in [2.05, 4.69) is 9.71 Å². The lowest BCUT2D eigenvalue weighted by atomic mass is 10.2. The topological polar surface area (TPSA) is 59.1 Å². The second-order valence-electron chi connectivity index (χ2n) is 3.34. The number of nitrogens with one attached hydrogen (secondary N) is 1. The van der Waals surface area contributed by atoms with Crippen LogP contribution in [-0.2, 0) is 10.0 Å². The van der Waals surface area contributed by atoms with Gasteiger partial charge in [-0.1, -0.05) is 29.9 Å². The molecule has 1 rings (SSSR count). The van der Waals surface area contributed by atoms with Crippen LogP contribution in [0.2, 0.25) is 4.47 Å². The molecule has 1 aromatic rings. The van der Waals surface area contributed by atoms with Crippen LogP contribution >= 0.6 is 34.7 Å². The molecule has 92 valence electrons. The summed E-state index contributed by atoms with van der Waals surface area (Å²) in [7, 11) is -3.44. The molecule has 1 aromatic heterocycles. The fourth-order valence-electron chi connectivity index (χ4n) is 1.03. The van der Waals surface area contributed by atoms with Gasteiger partial charge in [0.2, 0.25) is 0 Å². The van der Waals surface area contributed by atoms with Crippen molar-refractivity contribution in [1.82, 2.24) is 9.71 Å². The van der Waals surface area contributed by atoms with Crippen LogP contribution in [0.1, 0.15) is 6.92 Å². The zero-order valence-corrected chi connectivity index (χ0v) is 12.1. The van der Waals surface area contributed by atoms with Crippen LogP contribution in [0.4, 0.5) is 0 Å². The van der Waals surface area contributed by atoms with E-state index in [9.17, 15) is 8.42 Å². The molecule has 0 amide bonds. The number of nitrogens with zero attached hydrogens (tertiary/aromatic N) is 1. The Morgan fingerprint density at radius 1 is 1.69 bits per heavy atom. The van der Waals surface area contributed by atoms with Crippen molar-refractivity contribution in [1.29, 1.82) is 0 Å². The van der Waals surface area contributed by atoms with Gasteiger partial charge in [-0.05, 0) is 17.9 Å². The number of aromatic nitrogens is 1. The monoisotopic (exact) mass is 300 g/mol. The van der Waals surface area contributed by atoms with E-state index in [1.165, 1.54) is 6.20 Å². The van der Waals surface area contributed by atoms with Crippen LogP contribution in [0.3, 0.4) is 0 Å². The van der Waals surface area contributed by atoms with Gasteiger partial charge in [0.1, 0.15) is 0 Å². The smallest absolute Gasteiger partial charge is 0.232 e. The summed E-state index contributed by atoms with van der Waals surface area (Å²) in [4.78, 5) is 3.71. The summed E-state index contributed by atoms with van der Waals surface area (Å²) < 4.78 is 26.4. The van der Waals surface area contributed by atoms with E-state index < -0.39 is 10.0 Å². The Balaban J connectivity index is 2.59. The Bertz CT molecular complexity index is 432. The second kappa shape index (κ2) is 6.20. The van der Waals surface area contributed by atoms with Crippen molar-refractivity contribution in [2.24, 2.45) is 5.92 Å². The summed E-state index contributed by atoms with van der Waals surface area (Å²) in [5.41, 5.74) is 0. The Morgan fingerprint density at radius 3 is 2.88 bits per heavy atom. The molecule has 0 fully saturated rings. The summed E-state index contributed by atoms with van der Waals surface area (Å²) >= 11 is 8.24. The maximum Gasteiger partial charge on any atom is 0.251 e. The number of sulfonamides is 1. The summed E-state index contributed by atoms with van der Waals surface area (Å²) in [5, 5.41) is 0. The van der Waals surface area contributed by atoms with E-state index >= 15 is 0 Å². The van der Waals surface area contributed by atoms with Crippen LogP contribution < -0.4 is 4.72 Å². The first-order valence-corrected chi connectivity index (χ1v) is 8.63. The zero-order chi connectivity index (χ0) is 12.2. The van der Waals surface area contributed by atoms with E-state index in [4.69, 9.17) is 11.6 Å². The first-order chi connectivity index (χ1) is 7.45. The second-order valence-corrected chi connectivity index (χ2v) is 7.86. The van der Waals surface area contributed by atoms with Gasteiger partial charge in [-0.3, -0.25) is 0 Å². The lowest BCUT2D eigenvalue weighted by molar-refractivity contribution is 0.564. The summed E-state index contributed by atoms with van der Waals surface area (Å²) in [5.74, 6) is 1.22. The highest BCUT2D eigenvalue weighted by atomic mass is 35.5. The first kappa shape index (κ1) is 14.2. The molecule has 0 aliphatic carbocycles. The molecule has 16 heavy (non-hydrogen) atoms. The fourth-order valence-corrected chi connectivity index (χ4v) is 4.22. The number of thioether (sulfide) groups is 1. The largest absolute Gasteiger partial charge is 0.251 e. The standard InChI is InChI=1S/C8H13ClN2O2S3/c1-6(5-14-2)3-11-16(12,13)7-4-10-8(9)15-7/h4,6,11H,3,5H2,1-2H3. The molecular weight excluding hydrogens is 288 g/mol. The summed E-state index contributed by atoms with van der Waals surface area (Å²) in [6, 6.07) is 0. The van der Waals surface area contributed by atoms with E-state index in [1.54, 1.807) is 11.8 Å². The number of thiazole rings is 1. The molecule has 0 spiro atoms. The van der Waals surface area contributed by atoms with Crippen LogP contribution in [0.25, 0.3) is 0 Å². The molecule has 1 atom stereocenters. The van der Waals surface area contributed by atoms with Gasteiger partial charge in [0, 0.05) is 6.54 Å². The molecule has 0 radical (unpaired) electrons. The third kappa shape index (κ3) is 4.21. The highest BCUT2D eigenvalue weighted by Gasteiger charge is 2.17. The highest BCUT2D eigenvalue weighted by molar-refractivity contribution is 7.98. The SMILES string of the molecule is CSCC(C)CNS(=O)(=O)c1cnc(Cl)s1. The number of halogens is 1. The van der Waals surface area contributed by atoms with Gasteiger partial charge in [-0.15, -0.1) is 0 Å². The Hall–Kier alpha value is 0.180. The van der Waals surface area contributed by atoms with Crippen molar-refractivity contribution < 1.29 is 8.42 Å². The molecule has 0 bridgehead atoms. The van der Waals surface area contributed by atoms with E-state index in [0.29, 0.717) is 12.5 Å². The third-order valence-electron chi connectivity index (χ3n) is 1.79. The molecule has 0 aromatic carbocycles. The van der Waals surface area contributed by atoms with Crippen molar-refractivity contribution in [3.63, 3.8) is 0 Å². The third-order valence-corrected chi connectivity index (χ3v) is 5.70. The van der Waals surface area contributed by atoms with Crippen LogP contribution in [0, 0.1) is 5.92 Å². The highest BCUT2D eigenvalue weighted by Crippen LogP contribution is 2.22. The van der Waals surface area contributed by atoms with E-state index in [0.717, 1.165) is 17.1 Å². The molecule has 1 heterocycles. The molecule has 4 nitrogen and oxygen atoms in total. The molecule has 1 N–H and O–H groups in total. The Kier molecular flexibility index (Phi) is 5.52. The maximum atomic E-state index is 11.7. The lowest BCUT2D eigenvalue weighted by Crippen LogP contribution is -2.28. The predicted molar refractivity (Wildman–Crippen MR) is 69.9 cm³/mol. The summed E-state index contributed by atoms with van der Waals surface area (Å²) in [6.45, 7) is 2.43. The molecular formula is C8H13ClN2O2S3. The van der Waals surface area contributed by atoms with Gasteiger partial charge in [-0.2, -0.15) is 11.8 Å². The molecule has 8 heteroatoms. The Labute approximate surface area is 109 Å². The number of rotatable bonds is 6. The van der Waals surface area contributed by atoms with E-state index in [-0.39, 0.29) is 8.68 Å². The van der Waals surface area contributed by atoms with Gasteiger partial charge in [0.25, 0.3) is 10.0 Å². The molecule has 0 aliphatic heterocycles. The van der Waals surface area contributed by atoms with Gasteiger partial charge in [-0.25, -0.2) is 18.1 Å². The minimum absolute atomic E-state index is 0.161. The number of hydrogen-bond donors (Lipinski definition) is 1. The van der Waals surface area contributed by atoms with Gasteiger partial charge >= 0.3 is 0 Å². The van der Waals surface area contributed by atoms with Crippen molar-refractivity contribution >= 4 is 44.7 Å². The normalized spacial score (nSPS) is 13.9. The van der Waals surface area contributed by atoms with Crippen molar-refractivity contribution in [2.45, 2.75) is 11.1 Å². The van der Waals surface area contributed by atoms with Crippen molar-refractivity contribution in [3.05, 3.63) is 10.7 Å². The van der Waals surface area contributed by atoms with Crippen LogP contribution in [-0.4, -0.2) is 32.0 Å².